The number of carboxylic acids is 1. The van der Waals surface area contributed by atoms with Gasteiger partial charge in [0.05, 0.1) is 16.8 Å². The lowest BCUT2D eigenvalue weighted by Gasteiger charge is -2.23. The predicted molar refractivity (Wildman–Crippen MR) is 92.0 cm³/mol. The maximum Gasteiger partial charge on any atom is 0.307 e. The van der Waals surface area contributed by atoms with Crippen molar-refractivity contribution in [2.24, 2.45) is 24.8 Å². The van der Waals surface area contributed by atoms with Crippen molar-refractivity contribution in [2.45, 2.75) is 13.8 Å². The van der Waals surface area contributed by atoms with Crippen molar-refractivity contribution in [1.82, 2.24) is 9.55 Å². The summed E-state index contributed by atoms with van der Waals surface area (Å²) >= 11 is 0. The van der Waals surface area contributed by atoms with Crippen molar-refractivity contribution in [3.63, 3.8) is 0 Å². The van der Waals surface area contributed by atoms with Gasteiger partial charge in [-0.1, -0.05) is 0 Å². The molecule has 4 rings (SSSR count). The number of ketones is 1. The van der Waals surface area contributed by atoms with Gasteiger partial charge in [0.1, 0.15) is 0 Å². The minimum atomic E-state index is -0.746. The highest BCUT2D eigenvalue weighted by Gasteiger charge is 2.60. The summed E-state index contributed by atoms with van der Waals surface area (Å²) in [4.78, 5) is 42.5. The number of aliphatic carboxylic acids is 1. The molecular weight excluding hydrogens is 322 g/mol. The minimum Gasteiger partial charge on any atom is -0.481 e. The van der Waals surface area contributed by atoms with Gasteiger partial charge in [0.15, 0.2) is 5.78 Å². The van der Waals surface area contributed by atoms with Gasteiger partial charge < -0.3 is 10.0 Å². The van der Waals surface area contributed by atoms with Crippen LogP contribution in [-0.2, 0) is 11.8 Å². The van der Waals surface area contributed by atoms with Crippen LogP contribution in [-0.4, -0.2) is 39.5 Å². The number of carboxylic acid groups (broad SMARTS) is 1. The van der Waals surface area contributed by atoms with E-state index in [0.29, 0.717) is 35.5 Å². The summed E-state index contributed by atoms with van der Waals surface area (Å²) in [6, 6.07) is 3.51. The summed E-state index contributed by atoms with van der Waals surface area (Å²) < 4.78 is 1.49. The Balaban J connectivity index is 1.81. The van der Waals surface area contributed by atoms with Crippen molar-refractivity contribution >= 4 is 28.6 Å². The van der Waals surface area contributed by atoms with Gasteiger partial charge in [-0.15, -0.1) is 0 Å². The molecule has 25 heavy (non-hydrogen) atoms. The van der Waals surface area contributed by atoms with Crippen molar-refractivity contribution in [3.8, 4) is 0 Å². The molecule has 0 bridgehead atoms. The highest BCUT2D eigenvalue weighted by molar-refractivity contribution is 6.05. The number of hydrogen-bond donors (Lipinski definition) is 1. The number of fused-ring (bicyclic) bond motifs is 2. The Kier molecular flexibility index (Phi) is 3.25. The fourth-order valence-electron chi connectivity index (χ4n) is 4.12. The molecule has 7 heteroatoms. The second-order valence-corrected chi connectivity index (χ2v) is 7.14. The predicted octanol–water partition coefficient (Wildman–Crippen LogP) is 1.21. The van der Waals surface area contributed by atoms with Crippen LogP contribution in [0.1, 0.15) is 22.8 Å². The van der Waals surface area contributed by atoms with Crippen LogP contribution in [0.25, 0.3) is 10.9 Å². The van der Waals surface area contributed by atoms with E-state index < -0.39 is 5.97 Å². The summed E-state index contributed by atoms with van der Waals surface area (Å²) in [5, 5.41) is 9.59. The molecule has 0 radical (unpaired) electrons. The normalized spacial score (nSPS) is 24.4. The molecule has 2 fully saturated rings. The molecular formula is C18H19N3O4. The van der Waals surface area contributed by atoms with E-state index in [2.05, 4.69) is 4.98 Å². The Morgan fingerprint density at radius 2 is 1.88 bits per heavy atom. The smallest absolute Gasteiger partial charge is 0.307 e. The van der Waals surface area contributed by atoms with Crippen molar-refractivity contribution in [3.05, 3.63) is 33.6 Å². The quantitative estimate of drug-likeness (QED) is 0.844. The third-order valence-corrected chi connectivity index (χ3v) is 5.44. The summed E-state index contributed by atoms with van der Waals surface area (Å²) in [7, 11) is 1.67. The van der Waals surface area contributed by atoms with E-state index in [-0.39, 0.29) is 29.1 Å². The van der Waals surface area contributed by atoms with Crippen LogP contribution in [0.4, 0.5) is 5.95 Å². The van der Waals surface area contributed by atoms with Crippen molar-refractivity contribution < 1.29 is 14.7 Å². The lowest BCUT2D eigenvalue weighted by molar-refractivity contribution is -0.139. The summed E-state index contributed by atoms with van der Waals surface area (Å²) in [5.74, 6) is -0.407. The number of nitrogens with zero attached hydrogens (tertiary/aromatic N) is 3. The van der Waals surface area contributed by atoms with E-state index in [0.717, 1.165) is 5.56 Å². The van der Waals surface area contributed by atoms with Gasteiger partial charge in [0, 0.05) is 25.7 Å². The zero-order valence-electron chi connectivity index (χ0n) is 14.3. The number of carbonyl (C=O) groups is 2. The van der Waals surface area contributed by atoms with Crippen LogP contribution in [0.15, 0.2) is 16.9 Å². The molecule has 0 spiro atoms. The molecule has 2 heterocycles. The number of benzene rings is 1. The van der Waals surface area contributed by atoms with Crippen LogP contribution in [0.5, 0.6) is 0 Å². The number of aryl methyl sites for hydroxylation is 1. The number of rotatable bonds is 3. The monoisotopic (exact) mass is 341 g/mol. The van der Waals surface area contributed by atoms with Gasteiger partial charge in [-0.05, 0) is 43.4 Å². The average Bonchev–Trinajstić information content (AvgIpc) is 3.06. The molecule has 2 aromatic rings. The van der Waals surface area contributed by atoms with Gasteiger partial charge in [0.25, 0.3) is 5.56 Å². The van der Waals surface area contributed by atoms with E-state index in [9.17, 15) is 14.4 Å². The van der Waals surface area contributed by atoms with Crippen molar-refractivity contribution in [1.29, 1.82) is 0 Å². The number of piperidine rings is 1. The number of anilines is 1. The first-order chi connectivity index (χ1) is 11.8. The fraction of sp³-hybridized carbons (Fsp3) is 0.444. The van der Waals surface area contributed by atoms with Crippen LogP contribution in [0.3, 0.4) is 0 Å². The Morgan fingerprint density at radius 1 is 1.24 bits per heavy atom. The minimum absolute atomic E-state index is 0.121. The van der Waals surface area contributed by atoms with Gasteiger partial charge in [-0.25, -0.2) is 4.98 Å². The zero-order chi connectivity index (χ0) is 18.0. The molecule has 1 N–H and O–H groups in total. The second-order valence-electron chi connectivity index (χ2n) is 7.14. The highest BCUT2D eigenvalue weighted by Crippen LogP contribution is 2.52. The molecule has 130 valence electrons. The van der Waals surface area contributed by atoms with Crippen LogP contribution >= 0.6 is 0 Å². The van der Waals surface area contributed by atoms with Crippen LogP contribution in [0, 0.1) is 24.7 Å². The first-order valence-corrected chi connectivity index (χ1v) is 8.29. The molecule has 3 atom stereocenters. The van der Waals surface area contributed by atoms with E-state index >= 15 is 0 Å². The molecule has 1 aromatic carbocycles. The molecule has 1 aliphatic carbocycles. The summed E-state index contributed by atoms with van der Waals surface area (Å²) in [5.41, 5.74) is 1.52. The number of Topliss-reactive ketones (excluding diaryl/α,β-unsaturated/α-hetero) is 1. The van der Waals surface area contributed by atoms with E-state index in [4.69, 9.17) is 5.11 Å². The summed E-state index contributed by atoms with van der Waals surface area (Å²) in [6.45, 7) is 4.47. The second kappa shape index (κ2) is 5.15. The Morgan fingerprint density at radius 3 is 2.44 bits per heavy atom. The van der Waals surface area contributed by atoms with E-state index in [1.165, 1.54) is 11.5 Å². The van der Waals surface area contributed by atoms with Gasteiger partial charge in [-0.2, -0.15) is 0 Å². The third kappa shape index (κ3) is 2.26. The first kappa shape index (κ1) is 15.8. The number of aromatic nitrogens is 2. The van der Waals surface area contributed by atoms with Crippen LogP contribution < -0.4 is 10.5 Å². The van der Waals surface area contributed by atoms with Gasteiger partial charge in [-0.3, -0.25) is 19.0 Å². The SMILES string of the molecule is CC(=O)c1cc(C)cc2c(=O)n(C)c(N3C[C@@H]4[C@H](C3)[C@@H]4C(=O)O)nc12. The maximum atomic E-state index is 12.8. The number of carbonyl (C=O) groups excluding carboxylic acids is 1. The van der Waals surface area contributed by atoms with Gasteiger partial charge >= 0.3 is 5.97 Å². The van der Waals surface area contributed by atoms with Crippen molar-refractivity contribution in [2.75, 3.05) is 18.0 Å². The average molecular weight is 341 g/mol. The van der Waals surface area contributed by atoms with Crippen LogP contribution in [0.2, 0.25) is 0 Å². The zero-order valence-corrected chi connectivity index (χ0v) is 14.3. The Hall–Kier alpha value is -2.70. The Bertz CT molecular complexity index is 982. The largest absolute Gasteiger partial charge is 0.481 e. The highest BCUT2D eigenvalue weighted by atomic mass is 16.4. The lowest BCUT2D eigenvalue weighted by atomic mass is 10.0. The molecule has 1 aromatic heterocycles. The first-order valence-electron chi connectivity index (χ1n) is 8.29. The number of hydrogen-bond acceptors (Lipinski definition) is 5. The lowest BCUT2D eigenvalue weighted by Crippen LogP contribution is -2.33. The van der Waals surface area contributed by atoms with E-state index in [1.54, 1.807) is 19.2 Å². The standard InChI is InChI=1S/C18H19N3O4/c1-8-4-10(9(2)22)15-11(5-8)16(23)20(3)18(19-15)21-6-12-13(7-21)14(12)17(24)25/h4-5,12-14H,6-7H2,1-3H3,(H,24,25)/t12-,13+,14-. The molecule has 1 saturated heterocycles. The fourth-order valence-corrected chi connectivity index (χ4v) is 4.12. The molecule has 7 nitrogen and oxygen atoms in total. The molecule has 0 unspecified atom stereocenters. The van der Waals surface area contributed by atoms with E-state index in [1.807, 2.05) is 11.8 Å². The molecule has 1 saturated carbocycles. The Labute approximate surface area is 143 Å². The third-order valence-electron chi connectivity index (χ3n) is 5.44. The summed E-state index contributed by atoms with van der Waals surface area (Å²) in [6.07, 6.45) is 0. The molecule has 2 aliphatic rings. The van der Waals surface area contributed by atoms with Gasteiger partial charge in [0.2, 0.25) is 5.95 Å². The molecule has 1 aliphatic heterocycles. The topological polar surface area (TPSA) is 92.5 Å². The maximum absolute atomic E-state index is 12.8. The molecule has 0 amide bonds.